The molecule has 0 aliphatic carbocycles. The van der Waals surface area contributed by atoms with Crippen molar-refractivity contribution in [3.05, 3.63) is 127 Å². The van der Waals surface area contributed by atoms with Crippen LogP contribution in [0.3, 0.4) is 0 Å². The van der Waals surface area contributed by atoms with Gasteiger partial charge < -0.3 is 0 Å². The predicted octanol–water partition coefficient (Wildman–Crippen LogP) is 8.50. The highest BCUT2D eigenvalue weighted by Crippen LogP contribution is 2.49. The normalized spacial score (nSPS) is 10.7. The van der Waals surface area contributed by atoms with Crippen molar-refractivity contribution in [2.24, 2.45) is 0 Å². The molecule has 1 heteroatoms. The zero-order valence-corrected chi connectivity index (χ0v) is 17.0. The van der Waals surface area contributed by atoms with E-state index < -0.39 is 0 Å². The lowest BCUT2D eigenvalue weighted by Gasteiger charge is -2.21. The van der Waals surface area contributed by atoms with Crippen molar-refractivity contribution in [2.45, 2.75) is 0 Å². The Morgan fingerprint density at radius 1 is 0.355 bits per heavy atom. The molecule has 0 aliphatic rings. The minimum absolute atomic E-state index is 0.0311. The van der Waals surface area contributed by atoms with Gasteiger partial charge >= 0.3 is 0 Å². The maximum atomic E-state index is 13.6. The molecule has 0 aromatic heterocycles. The van der Waals surface area contributed by atoms with Crippen LogP contribution in [0.1, 0.15) is 0 Å². The summed E-state index contributed by atoms with van der Waals surface area (Å²) in [6.07, 6.45) is 0. The van der Waals surface area contributed by atoms with Gasteiger partial charge in [-0.15, -0.1) is 0 Å². The van der Waals surface area contributed by atoms with Crippen LogP contribution >= 0.6 is 0 Å². The summed E-state index contributed by atoms with van der Waals surface area (Å²) in [5.41, 5.74) is 7.85. The van der Waals surface area contributed by atoms with E-state index in [1.807, 2.05) is 84.9 Å². The van der Waals surface area contributed by atoms with Gasteiger partial charge in [0.1, 0.15) is 0 Å². The fourth-order valence-corrected chi connectivity index (χ4v) is 4.19. The molecule has 0 fully saturated rings. The van der Waals surface area contributed by atoms with Crippen LogP contribution in [0.5, 0.6) is 5.75 Å². The third kappa shape index (κ3) is 3.62. The molecule has 1 radical (unpaired) electrons. The van der Waals surface area contributed by atoms with Gasteiger partial charge in [0.15, 0.2) is 5.75 Å². The summed E-state index contributed by atoms with van der Waals surface area (Å²) in [4.78, 5) is 0. The Balaban J connectivity index is 1.95. The van der Waals surface area contributed by atoms with E-state index in [-0.39, 0.29) is 5.75 Å². The first kappa shape index (κ1) is 18.9. The van der Waals surface area contributed by atoms with Crippen LogP contribution < -0.4 is 0 Å². The second-order valence-corrected chi connectivity index (χ2v) is 7.51. The lowest BCUT2D eigenvalue weighted by Crippen LogP contribution is -1.95. The number of hydrogen-bond donors (Lipinski definition) is 0. The van der Waals surface area contributed by atoms with Gasteiger partial charge in [0, 0.05) is 11.1 Å². The van der Waals surface area contributed by atoms with Crippen molar-refractivity contribution >= 4 is 0 Å². The number of hydrogen-bond acceptors (Lipinski definition) is 0. The molecule has 0 heterocycles. The number of rotatable bonds is 4. The molecule has 5 aromatic rings. The molecule has 147 valence electrons. The second kappa shape index (κ2) is 8.33. The Kier molecular flexibility index (Phi) is 5.08. The van der Waals surface area contributed by atoms with E-state index in [9.17, 15) is 5.11 Å². The van der Waals surface area contributed by atoms with Gasteiger partial charge in [0.25, 0.3) is 0 Å². The lowest BCUT2D eigenvalue weighted by atomic mass is 9.82. The van der Waals surface area contributed by atoms with Crippen molar-refractivity contribution in [2.75, 3.05) is 0 Å². The lowest BCUT2D eigenvalue weighted by molar-refractivity contribution is 0.357. The fraction of sp³-hybridized carbons (Fsp3) is 0. The first-order valence-corrected chi connectivity index (χ1v) is 10.4. The van der Waals surface area contributed by atoms with Crippen LogP contribution in [0.4, 0.5) is 0 Å². The average Bonchev–Trinajstić information content (AvgIpc) is 2.85. The quantitative estimate of drug-likeness (QED) is 0.290. The van der Waals surface area contributed by atoms with Crippen LogP contribution in [0.2, 0.25) is 0 Å². The third-order valence-electron chi connectivity index (χ3n) is 5.56. The van der Waals surface area contributed by atoms with E-state index in [0.717, 1.165) is 44.5 Å². The molecule has 0 spiro atoms. The Labute approximate surface area is 182 Å². The Hall–Kier alpha value is -4.10. The minimum Gasteiger partial charge on any atom is -0.289 e. The van der Waals surface area contributed by atoms with E-state index in [0.29, 0.717) is 0 Å². The van der Waals surface area contributed by atoms with E-state index >= 15 is 0 Å². The zero-order valence-electron chi connectivity index (χ0n) is 17.0. The highest BCUT2D eigenvalue weighted by molar-refractivity contribution is 6.03. The SMILES string of the molecule is [O]c1cc(-c2ccccc2)c(-c2ccccc2)c(-c2ccccc2)c1-c1ccccc1. The van der Waals surface area contributed by atoms with E-state index in [1.54, 1.807) is 6.07 Å². The highest BCUT2D eigenvalue weighted by atomic mass is 16.3. The van der Waals surface area contributed by atoms with Gasteiger partial charge in [-0.3, -0.25) is 5.11 Å². The first-order chi connectivity index (χ1) is 15.3. The summed E-state index contributed by atoms with van der Waals surface area (Å²) in [7, 11) is 0. The molecule has 0 bridgehead atoms. The smallest absolute Gasteiger partial charge is 0.187 e. The van der Waals surface area contributed by atoms with E-state index in [1.165, 1.54) is 0 Å². The molecule has 0 unspecified atom stereocenters. The predicted molar refractivity (Wildman–Crippen MR) is 128 cm³/mol. The van der Waals surface area contributed by atoms with Gasteiger partial charge in [-0.25, -0.2) is 0 Å². The highest BCUT2D eigenvalue weighted by Gasteiger charge is 2.23. The zero-order chi connectivity index (χ0) is 21.0. The summed E-state index contributed by atoms with van der Waals surface area (Å²) in [6.45, 7) is 0. The van der Waals surface area contributed by atoms with E-state index in [4.69, 9.17) is 0 Å². The van der Waals surface area contributed by atoms with Crippen molar-refractivity contribution < 1.29 is 5.11 Å². The molecule has 1 nitrogen and oxygen atoms in total. The Morgan fingerprint density at radius 2 is 0.710 bits per heavy atom. The summed E-state index contributed by atoms with van der Waals surface area (Å²) in [6, 6.07) is 42.5. The standard InChI is InChI=1S/C30H21O/c31-27-21-26(22-13-5-1-6-14-22)28(23-15-7-2-8-16-23)30(25-19-11-4-12-20-25)29(27)24-17-9-3-10-18-24/h1-21H. The van der Waals surface area contributed by atoms with Crippen LogP contribution in [-0.4, -0.2) is 0 Å². The van der Waals surface area contributed by atoms with Crippen LogP contribution in [-0.2, 0) is 5.11 Å². The van der Waals surface area contributed by atoms with Crippen molar-refractivity contribution in [3.63, 3.8) is 0 Å². The number of benzene rings is 5. The summed E-state index contributed by atoms with van der Waals surface area (Å²) in [5.74, 6) is 0.0311. The molecule has 0 N–H and O–H groups in total. The maximum absolute atomic E-state index is 13.6. The van der Waals surface area contributed by atoms with Crippen molar-refractivity contribution in [1.82, 2.24) is 0 Å². The van der Waals surface area contributed by atoms with Gasteiger partial charge in [0.2, 0.25) is 0 Å². The van der Waals surface area contributed by atoms with Crippen LogP contribution in [0.25, 0.3) is 44.5 Å². The van der Waals surface area contributed by atoms with Gasteiger partial charge in [-0.05, 0) is 39.4 Å². The van der Waals surface area contributed by atoms with Crippen molar-refractivity contribution in [1.29, 1.82) is 0 Å². The molecular formula is C30H21O. The van der Waals surface area contributed by atoms with Crippen molar-refractivity contribution in [3.8, 4) is 50.3 Å². The summed E-state index contributed by atoms with van der Waals surface area (Å²) < 4.78 is 0. The van der Waals surface area contributed by atoms with Gasteiger partial charge in [0.05, 0.1) is 0 Å². The third-order valence-corrected chi connectivity index (χ3v) is 5.56. The largest absolute Gasteiger partial charge is 0.289 e. The molecule has 5 aromatic carbocycles. The second-order valence-electron chi connectivity index (χ2n) is 7.51. The summed E-state index contributed by atoms with van der Waals surface area (Å²) in [5, 5.41) is 13.6. The molecular weight excluding hydrogens is 376 g/mol. The summed E-state index contributed by atoms with van der Waals surface area (Å²) >= 11 is 0. The molecule has 5 rings (SSSR count). The molecule has 0 atom stereocenters. The van der Waals surface area contributed by atoms with Gasteiger partial charge in [-0.2, -0.15) is 0 Å². The van der Waals surface area contributed by atoms with E-state index in [2.05, 4.69) is 36.4 Å². The molecule has 0 amide bonds. The molecule has 31 heavy (non-hydrogen) atoms. The van der Waals surface area contributed by atoms with Gasteiger partial charge in [-0.1, -0.05) is 121 Å². The fourth-order valence-electron chi connectivity index (χ4n) is 4.19. The monoisotopic (exact) mass is 397 g/mol. The Bertz CT molecular complexity index is 1290. The van der Waals surface area contributed by atoms with Crippen LogP contribution in [0, 0.1) is 0 Å². The first-order valence-electron chi connectivity index (χ1n) is 10.4. The maximum Gasteiger partial charge on any atom is 0.187 e. The average molecular weight is 397 g/mol. The topological polar surface area (TPSA) is 19.9 Å². The minimum atomic E-state index is 0.0311. The van der Waals surface area contributed by atoms with Crippen LogP contribution in [0.15, 0.2) is 127 Å². The molecule has 0 saturated carbocycles. The molecule has 0 aliphatic heterocycles. The Morgan fingerprint density at radius 3 is 1.16 bits per heavy atom. The molecule has 0 saturated heterocycles.